The Kier molecular flexibility index (Phi) is 5.89. The summed E-state index contributed by atoms with van der Waals surface area (Å²) < 4.78 is 6.42. The van der Waals surface area contributed by atoms with Crippen LogP contribution >= 0.6 is 11.3 Å². The molecular formula is C22H26N4O5S. The summed E-state index contributed by atoms with van der Waals surface area (Å²) in [6, 6.07) is 7.12. The van der Waals surface area contributed by atoms with E-state index in [4.69, 9.17) is 4.74 Å². The lowest BCUT2D eigenvalue weighted by Crippen LogP contribution is -2.50. The van der Waals surface area contributed by atoms with Crippen LogP contribution < -0.4 is 10.7 Å². The summed E-state index contributed by atoms with van der Waals surface area (Å²) in [7, 11) is 0. The number of rotatable bonds is 7. The molecule has 0 radical (unpaired) electrons. The van der Waals surface area contributed by atoms with Gasteiger partial charge in [-0.15, -0.1) is 11.3 Å². The number of amides is 4. The van der Waals surface area contributed by atoms with Crippen molar-refractivity contribution in [3.63, 3.8) is 0 Å². The fourth-order valence-corrected chi connectivity index (χ4v) is 5.37. The number of fused-ring (bicyclic) bond motifs is 1. The maximum atomic E-state index is 13.0. The van der Waals surface area contributed by atoms with Crippen molar-refractivity contribution >= 4 is 45.4 Å². The van der Waals surface area contributed by atoms with Crippen molar-refractivity contribution in [3.05, 3.63) is 29.3 Å². The van der Waals surface area contributed by atoms with E-state index in [2.05, 4.69) is 15.7 Å². The van der Waals surface area contributed by atoms with Gasteiger partial charge in [-0.1, -0.05) is 31.9 Å². The van der Waals surface area contributed by atoms with Crippen molar-refractivity contribution in [3.8, 4) is 0 Å². The van der Waals surface area contributed by atoms with E-state index in [9.17, 15) is 19.2 Å². The van der Waals surface area contributed by atoms with Crippen LogP contribution in [-0.2, 0) is 25.5 Å². The third-order valence-corrected chi connectivity index (χ3v) is 7.40. The first kappa shape index (κ1) is 22.2. The molecular weight excluding hydrogens is 432 g/mol. The number of benzene rings is 1. The minimum Gasteiger partial charge on any atom is -0.455 e. The Balaban J connectivity index is 1.38. The van der Waals surface area contributed by atoms with Crippen molar-refractivity contribution in [2.45, 2.75) is 57.9 Å². The number of esters is 1. The molecule has 1 saturated carbocycles. The van der Waals surface area contributed by atoms with Gasteiger partial charge in [0.1, 0.15) is 5.54 Å². The Hall–Kier alpha value is -3.01. The number of hydrogen-bond donors (Lipinski definition) is 2. The summed E-state index contributed by atoms with van der Waals surface area (Å²) in [6.45, 7) is 2.78. The van der Waals surface area contributed by atoms with E-state index in [0.29, 0.717) is 30.7 Å². The van der Waals surface area contributed by atoms with Gasteiger partial charge in [0, 0.05) is 6.42 Å². The summed E-state index contributed by atoms with van der Waals surface area (Å²) in [5, 5.41) is 4.06. The summed E-state index contributed by atoms with van der Waals surface area (Å²) >= 11 is 1.56. The first-order chi connectivity index (χ1) is 15.3. The van der Waals surface area contributed by atoms with E-state index < -0.39 is 41.4 Å². The minimum absolute atomic E-state index is 0.382. The number of hydrogen-bond acceptors (Lipinski definition) is 7. The fourth-order valence-electron chi connectivity index (χ4n) is 4.26. The highest BCUT2D eigenvalue weighted by molar-refractivity contribution is 7.18. The number of urea groups is 1. The monoisotopic (exact) mass is 458 g/mol. The lowest BCUT2D eigenvalue weighted by atomic mass is 9.83. The van der Waals surface area contributed by atoms with Crippen LogP contribution in [0, 0.1) is 5.41 Å². The molecule has 1 aromatic heterocycles. The first-order valence-corrected chi connectivity index (χ1v) is 11.6. The van der Waals surface area contributed by atoms with Gasteiger partial charge < -0.3 is 10.1 Å². The summed E-state index contributed by atoms with van der Waals surface area (Å²) in [4.78, 5) is 54.4. The maximum absolute atomic E-state index is 13.0. The molecule has 1 aromatic carbocycles. The SMILES string of the molecule is CCC1(C)NC(=O)N(NC(=O)COC(=O)C2(Cc3nc4ccccc4s3)CCCC2)C1=O. The molecule has 9 nitrogen and oxygen atoms in total. The zero-order chi connectivity index (χ0) is 22.9. The predicted molar refractivity (Wildman–Crippen MR) is 117 cm³/mol. The Labute approximate surface area is 189 Å². The number of para-hydroxylation sites is 1. The Morgan fingerprint density at radius 1 is 1.25 bits per heavy atom. The number of ether oxygens (including phenoxy) is 1. The number of nitrogens with zero attached hydrogens (tertiary/aromatic N) is 2. The smallest absolute Gasteiger partial charge is 0.344 e. The molecule has 2 heterocycles. The summed E-state index contributed by atoms with van der Waals surface area (Å²) in [5.41, 5.74) is 1.37. The predicted octanol–water partition coefficient (Wildman–Crippen LogP) is 2.69. The van der Waals surface area contributed by atoms with Gasteiger partial charge in [-0.3, -0.25) is 19.8 Å². The standard InChI is InChI=1S/C22H26N4O5S/c1-3-21(2)18(28)26(20(30)24-21)25-16(27)13-31-19(29)22(10-6-7-11-22)12-17-23-14-8-4-5-9-15(14)32-17/h4-5,8-9H,3,6-7,10-13H2,1-2H3,(H,24,30)(H,25,27). The fraction of sp³-hybridized carbons (Fsp3) is 0.500. The van der Waals surface area contributed by atoms with Gasteiger partial charge in [0.2, 0.25) is 0 Å². The van der Waals surface area contributed by atoms with Crippen molar-refractivity contribution in [2.75, 3.05) is 6.61 Å². The Bertz CT molecular complexity index is 1040. The Morgan fingerprint density at radius 3 is 2.62 bits per heavy atom. The quantitative estimate of drug-likeness (QED) is 0.487. The van der Waals surface area contributed by atoms with Gasteiger partial charge in [0.05, 0.1) is 20.6 Å². The number of aromatic nitrogens is 1. The second-order valence-electron chi connectivity index (χ2n) is 8.61. The van der Waals surface area contributed by atoms with Gasteiger partial charge in [0.25, 0.3) is 11.8 Å². The van der Waals surface area contributed by atoms with E-state index in [0.717, 1.165) is 28.1 Å². The topological polar surface area (TPSA) is 118 Å². The van der Waals surface area contributed by atoms with E-state index in [1.807, 2.05) is 24.3 Å². The van der Waals surface area contributed by atoms with E-state index in [1.54, 1.807) is 25.2 Å². The van der Waals surface area contributed by atoms with Gasteiger partial charge in [-0.2, -0.15) is 5.01 Å². The second kappa shape index (κ2) is 8.50. The number of hydrazine groups is 1. The van der Waals surface area contributed by atoms with Gasteiger partial charge >= 0.3 is 12.0 Å². The maximum Gasteiger partial charge on any atom is 0.344 e. The van der Waals surface area contributed by atoms with Gasteiger partial charge in [0.15, 0.2) is 6.61 Å². The highest BCUT2D eigenvalue weighted by Crippen LogP contribution is 2.43. The van der Waals surface area contributed by atoms with Crippen LogP contribution in [0.5, 0.6) is 0 Å². The van der Waals surface area contributed by atoms with E-state index in [1.165, 1.54) is 0 Å². The zero-order valence-electron chi connectivity index (χ0n) is 18.1. The average Bonchev–Trinajstić information content (AvgIpc) is 3.46. The summed E-state index contributed by atoms with van der Waals surface area (Å²) in [6.07, 6.45) is 4.01. The molecule has 1 unspecified atom stereocenters. The molecule has 1 saturated heterocycles. The van der Waals surface area contributed by atoms with Crippen molar-refractivity contribution in [1.29, 1.82) is 0 Å². The molecule has 2 aliphatic rings. The van der Waals surface area contributed by atoms with Crippen LogP contribution in [0.3, 0.4) is 0 Å². The lowest BCUT2D eigenvalue weighted by Gasteiger charge is -2.25. The van der Waals surface area contributed by atoms with Crippen LogP contribution in [0.1, 0.15) is 51.0 Å². The normalized spacial score (nSPS) is 22.2. The van der Waals surface area contributed by atoms with Crippen LogP contribution in [0.15, 0.2) is 24.3 Å². The number of thiazole rings is 1. The number of imide groups is 1. The molecule has 0 spiro atoms. The third-order valence-electron chi connectivity index (χ3n) is 6.36. The second-order valence-corrected chi connectivity index (χ2v) is 9.72. The molecule has 2 fully saturated rings. The summed E-state index contributed by atoms with van der Waals surface area (Å²) in [5.74, 6) is -1.73. The van der Waals surface area contributed by atoms with Crippen LogP contribution in [0.2, 0.25) is 0 Å². The molecule has 170 valence electrons. The third kappa shape index (κ3) is 4.06. The molecule has 10 heteroatoms. The van der Waals surface area contributed by atoms with E-state index in [-0.39, 0.29) is 0 Å². The molecule has 4 amide bonds. The first-order valence-electron chi connectivity index (χ1n) is 10.7. The highest BCUT2D eigenvalue weighted by atomic mass is 32.1. The number of carbonyl (C=O) groups is 4. The number of nitrogens with one attached hydrogen (secondary N) is 2. The molecule has 1 atom stereocenters. The van der Waals surface area contributed by atoms with Crippen LogP contribution in [0.25, 0.3) is 10.2 Å². The van der Waals surface area contributed by atoms with Crippen molar-refractivity contribution in [2.24, 2.45) is 5.41 Å². The van der Waals surface area contributed by atoms with E-state index >= 15 is 0 Å². The zero-order valence-corrected chi connectivity index (χ0v) is 18.9. The Morgan fingerprint density at radius 2 is 1.97 bits per heavy atom. The minimum atomic E-state index is -1.06. The molecule has 2 aromatic rings. The highest BCUT2D eigenvalue weighted by Gasteiger charge is 2.48. The molecule has 1 aliphatic carbocycles. The van der Waals surface area contributed by atoms with Gasteiger partial charge in [-0.05, 0) is 38.3 Å². The molecule has 0 bridgehead atoms. The molecule has 4 rings (SSSR count). The van der Waals surface area contributed by atoms with Gasteiger partial charge in [-0.25, -0.2) is 9.78 Å². The molecule has 2 N–H and O–H groups in total. The lowest BCUT2D eigenvalue weighted by molar-refractivity contribution is -0.159. The van der Waals surface area contributed by atoms with Crippen LogP contribution in [0.4, 0.5) is 4.79 Å². The van der Waals surface area contributed by atoms with Crippen molar-refractivity contribution in [1.82, 2.24) is 20.7 Å². The van der Waals surface area contributed by atoms with Crippen molar-refractivity contribution < 1.29 is 23.9 Å². The number of carbonyl (C=O) groups excluding carboxylic acids is 4. The molecule has 32 heavy (non-hydrogen) atoms. The molecule has 1 aliphatic heterocycles. The largest absolute Gasteiger partial charge is 0.455 e. The van der Waals surface area contributed by atoms with Crippen LogP contribution in [-0.4, -0.2) is 46.0 Å². The average molecular weight is 459 g/mol.